The molecule has 36 heavy (non-hydrogen) atoms. The number of aromatic nitrogens is 4. The lowest BCUT2D eigenvalue weighted by atomic mass is 9.90. The van der Waals surface area contributed by atoms with E-state index in [1.807, 2.05) is 37.3 Å². The topological polar surface area (TPSA) is 92.7 Å². The highest BCUT2D eigenvalue weighted by Crippen LogP contribution is 2.26. The van der Waals surface area contributed by atoms with E-state index < -0.39 is 5.60 Å². The number of fused-ring (bicyclic) bond motifs is 1. The second-order valence-electron chi connectivity index (χ2n) is 9.57. The van der Waals surface area contributed by atoms with Gasteiger partial charge in [0.1, 0.15) is 12.1 Å². The van der Waals surface area contributed by atoms with Crippen LogP contribution in [0.5, 0.6) is 0 Å². The number of imidazole rings is 1. The van der Waals surface area contributed by atoms with E-state index in [1.54, 1.807) is 17.0 Å². The van der Waals surface area contributed by atoms with Crippen LogP contribution in [0.15, 0.2) is 71.9 Å². The van der Waals surface area contributed by atoms with Crippen LogP contribution in [0, 0.1) is 5.82 Å². The summed E-state index contributed by atoms with van der Waals surface area (Å²) >= 11 is 0. The van der Waals surface area contributed by atoms with E-state index in [4.69, 9.17) is 0 Å². The van der Waals surface area contributed by atoms with Crippen molar-refractivity contribution in [3.8, 4) is 11.3 Å². The van der Waals surface area contributed by atoms with Gasteiger partial charge in [0.25, 0.3) is 5.56 Å². The Bertz CT molecular complexity index is 1420. The Morgan fingerprint density at radius 3 is 2.50 bits per heavy atom. The zero-order valence-corrected chi connectivity index (χ0v) is 20.0. The van der Waals surface area contributed by atoms with Gasteiger partial charge in [0.2, 0.25) is 11.6 Å². The van der Waals surface area contributed by atoms with Gasteiger partial charge in [-0.05, 0) is 48.6 Å². The largest absolute Gasteiger partial charge is 0.388 e. The predicted octanol–water partition coefficient (Wildman–Crippen LogP) is 3.24. The van der Waals surface area contributed by atoms with Crippen LogP contribution in [0.2, 0.25) is 0 Å². The first-order valence-electron chi connectivity index (χ1n) is 12.1. The minimum Gasteiger partial charge on any atom is -0.388 e. The number of nitrogens with zero attached hydrogens (tertiary/aromatic N) is 5. The number of benzene rings is 2. The molecule has 4 aromatic rings. The van der Waals surface area contributed by atoms with Crippen molar-refractivity contribution >= 4 is 11.6 Å². The number of piperidine rings is 1. The van der Waals surface area contributed by atoms with Crippen LogP contribution >= 0.6 is 0 Å². The first-order valence-corrected chi connectivity index (χ1v) is 12.1. The molecule has 3 heterocycles. The second-order valence-corrected chi connectivity index (χ2v) is 9.57. The van der Waals surface area contributed by atoms with Crippen LogP contribution in [-0.2, 0) is 11.3 Å². The number of hydrogen-bond acceptors (Lipinski definition) is 5. The monoisotopic (exact) mass is 489 g/mol. The fourth-order valence-corrected chi connectivity index (χ4v) is 4.77. The smallest absolute Gasteiger partial charge is 0.296 e. The van der Waals surface area contributed by atoms with Crippen molar-refractivity contribution in [2.24, 2.45) is 0 Å². The lowest BCUT2D eigenvalue weighted by Crippen LogP contribution is -2.50. The number of halogens is 1. The quantitative estimate of drug-likeness (QED) is 0.449. The molecule has 1 amide bonds. The molecule has 186 valence electrons. The minimum absolute atomic E-state index is 0.0660. The molecule has 1 atom stereocenters. The van der Waals surface area contributed by atoms with Crippen molar-refractivity contribution in [1.29, 1.82) is 0 Å². The highest BCUT2D eigenvalue weighted by atomic mass is 19.1. The molecule has 1 N–H and O–H groups in total. The van der Waals surface area contributed by atoms with E-state index in [2.05, 4.69) is 10.1 Å². The summed E-state index contributed by atoms with van der Waals surface area (Å²) in [6.07, 6.45) is 4.06. The number of carbonyl (C=O) groups excluding carboxylic acids is 1. The van der Waals surface area contributed by atoms with Crippen LogP contribution in [0.4, 0.5) is 4.39 Å². The van der Waals surface area contributed by atoms with Crippen molar-refractivity contribution < 1.29 is 14.3 Å². The summed E-state index contributed by atoms with van der Waals surface area (Å²) in [5.41, 5.74) is 1.02. The number of amides is 1. The van der Waals surface area contributed by atoms with Gasteiger partial charge in [-0.3, -0.25) is 14.2 Å². The molecule has 2 aromatic carbocycles. The van der Waals surface area contributed by atoms with E-state index in [1.165, 1.54) is 33.7 Å². The zero-order chi connectivity index (χ0) is 25.3. The van der Waals surface area contributed by atoms with Crippen LogP contribution < -0.4 is 5.56 Å². The summed E-state index contributed by atoms with van der Waals surface area (Å²) in [5, 5.41) is 15.6. The average Bonchev–Trinajstić information content (AvgIpc) is 3.32. The van der Waals surface area contributed by atoms with E-state index in [0.29, 0.717) is 43.6 Å². The first-order chi connectivity index (χ1) is 17.3. The molecular weight excluding hydrogens is 461 g/mol. The summed E-state index contributed by atoms with van der Waals surface area (Å²) in [4.78, 5) is 31.9. The predicted molar refractivity (Wildman–Crippen MR) is 133 cm³/mol. The molecule has 1 saturated heterocycles. The van der Waals surface area contributed by atoms with E-state index in [0.717, 1.165) is 5.56 Å². The number of aliphatic hydroxyl groups is 1. The Labute approximate surface area is 207 Å². The maximum atomic E-state index is 13.3. The van der Waals surface area contributed by atoms with Crippen LogP contribution in [0.25, 0.3) is 16.9 Å². The third-order valence-electron chi connectivity index (χ3n) is 7.00. The number of hydrogen-bond donors (Lipinski definition) is 1. The fraction of sp³-hybridized carbons (Fsp3) is 0.333. The molecule has 2 aromatic heterocycles. The highest BCUT2D eigenvalue weighted by molar-refractivity contribution is 5.77. The molecule has 0 unspecified atom stereocenters. The standard InChI is InChI=1S/C27H28FN5O3/c1-19(20-5-3-2-4-6-20)15-24(34)31-13-11-27(36,12-14-31)17-32-18-30-33-23(16-29-25(33)26(32)35)21-7-9-22(28)10-8-21/h2-10,16,18-19,36H,11-15,17H2,1H3/t19-/m1/s1. The van der Waals surface area contributed by atoms with Gasteiger partial charge in [-0.2, -0.15) is 5.10 Å². The molecule has 0 saturated carbocycles. The minimum atomic E-state index is -1.13. The van der Waals surface area contributed by atoms with Gasteiger partial charge in [-0.25, -0.2) is 13.9 Å². The Morgan fingerprint density at radius 2 is 1.81 bits per heavy atom. The van der Waals surface area contributed by atoms with Crippen molar-refractivity contribution in [3.05, 3.63) is 88.9 Å². The first kappa shape index (κ1) is 23.9. The van der Waals surface area contributed by atoms with Gasteiger partial charge < -0.3 is 10.0 Å². The summed E-state index contributed by atoms with van der Waals surface area (Å²) in [7, 11) is 0. The second kappa shape index (κ2) is 9.66. The maximum Gasteiger partial charge on any atom is 0.296 e. The summed E-state index contributed by atoms with van der Waals surface area (Å²) in [6, 6.07) is 15.8. The van der Waals surface area contributed by atoms with Gasteiger partial charge in [0.05, 0.1) is 24.0 Å². The van der Waals surface area contributed by atoms with Gasteiger partial charge in [0.15, 0.2) is 0 Å². The Kier molecular flexibility index (Phi) is 6.40. The third kappa shape index (κ3) is 4.79. The van der Waals surface area contributed by atoms with E-state index in [9.17, 15) is 19.1 Å². The molecule has 0 spiro atoms. The summed E-state index contributed by atoms with van der Waals surface area (Å²) in [6.45, 7) is 2.97. The Morgan fingerprint density at radius 1 is 1.11 bits per heavy atom. The number of rotatable bonds is 6. The highest BCUT2D eigenvalue weighted by Gasteiger charge is 2.35. The Balaban J connectivity index is 1.25. The van der Waals surface area contributed by atoms with Crippen LogP contribution in [0.1, 0.15) is 37.7 Å². The molecule has 8 nitrogen and oxygen atoms in total. The number of carbonyl (C=O) groups is 1. The lowest BCUT2D eigenvalue weighted by molar-refractivity contribution is -0.136. The van der Waals surface area contributed by atoms with Crippen molar-refractivity contribution in [1.82, 2.24) is 24.1 Å². The molecule has 9 heteroatoms. The lowest BCUT2D eigenvalue weighted by Gasteiger charge is -2.38. The van der Waals surface area contributed by atoms with Gasteiger partial charge in [-0.15, -0.1) is 0 Å². The van der Waals surface area contributed by atoms with Gasteiger partial charge >= 0.3 is 0 Å². The molecule has 0 bridgehead atoms. The van der Waals surface area contributed by atoms with Gasteiger partial charge in [0, 0.05) is 25.1 Å². The average molecular weight is 490 g/mol. The van der Waals surface area contributed by atoms with Gasteiger partial charge in [-0.1, -0.05) is 37.3 Å². The van der Waals surface area contributed by atoms with Crippen molar-refractivity contribution in [3.63, 3.8) is 0 Å². The fourth-order valence-electron chi connectivity index (χ4n) is 4.77. The zero-order valence-electron chi connectivity index (χ0n) is 20.0. The van der Waals surface area contributed by atoms with E-state index >= 15 is 0 Å². The normalized spacial score (nSPS) is 16.2. The summed E-state index contributed by atoms with van der Waals surface area (Å²) < 4.78 is 16.1. The molecule has 0 radical (unpaired) electrons. The van der Waals surface area contributed by atoms with E-state index in [-0.39, 0.29) is 35.4 Å². The SMILES string of the molecule is C[C@H](CC(=O)N1CCC(O)(Cn2cnn3c(-c4ccc(F)cc4)cnc3c2=O)CC1)c1ccccc1. The number of likely N-dealkylation sites (tertiary alicyclic amines) is 1. The van der Waals surface area contributed by atoms with Crippen molar-refractivity contribution in [2.75, 3.05) is 13.1 Å². The molecule has 1 aliphatic rings. The van der Waals surface area contributed by atoms with Crippen LogP contribution in [-0.4, -0.2) is 53.8 Å². The maximum absolute atomic E-state index is 13.3. The molecule has 1 fully saturated rings. The molecule has 5 rings (SSSR count). The summed E-state index contributed by atoms with van der Waals surface area (Å²) in [5.74, 6) is -0.167. The third-order valence-corrected chi connectivity index (χ3v) is 7.00. The molecular formula is C27H28FN5O3. The van der Waals surface area contributed by atoms with Crippen molar-refractivity contribution in [2.45, 2.75) is 44.2 Å². The van der Waals surface area contributed by atoms with Crippen LogP contribution in [0.3, 0.4) is 0 Å². The molecule has 0 aliphatic carbocycles. The molecule has 1 aliphatic heterocycles. The Hall–Kier alpha value is -3.85.